The maximum absolute atomic E-state index is 12.6. The molecule has 10 heteroatoms. The Hall–Kier alpha value is -3.64. The van der Waals surface area contributed by atoms with E-state index in [1.807, 2.05) is 0 Å². The summed E-state index contributed by atoms with van der Waals surface area (Å²) in [5.41, 5.74) is 0.904. The number of ether oxygens (including phenoxy) is 2. The molecule has 1 amide bonds. The van der Waals surface area contributed by atoms with Gasteiger partial charge in [0.25, 0.3) is 11.6 Å². The van der Waals surface area contributed by atoms with Gasteiger partial charge >= 0.3 is 0 Å². The summed E-state index contributed by atoms with van der Waals surface area (Å²) >= 11 is 5.78. The van der Waals surface area contributed by atoms with Gasteiger partial charge < -0.3 is 9.47 Å². The largest absolute Gasteiger partial charge is 0.454 e. The highest BCUT2D eigenvalue weighted by atomic mass is 35.5. The second-order valence-electron chi connectivity index (χ2n) is 7.02. The summed E-state index contributed by atoms with van der Waals surface area (Å²) in [6.45, 7) is 1.68. The number of nitro groups is 1. The van der Waals surface area contributed by atoms with Crippen LogP contribution >= 0.6 is 11.6 Å². The van der Waals surface area contributed by atoms with Crippen LogP contribution in [0.4, 0.5) is 5.69 Å². The second-order valence-corrected chi connectivity index (χ2v) is 7.28. The lowest BCUT2D eigenvalue weighted by Crippen LogP contribution is -2.47. The third kappa shape index (κ3) is 3.21. The van der Waals surface area contributed by atoms with Crippen molar-refractivity contribution in [3.05, 3.63) is 63.2 Å². The summed E-state index contributed by atoms with van der Waals surface area (Å²) < 4.78 is 10.9. The Labute approximate surface area is 176 Å². The SMILES string of the molecule is CC1(C#N)Cc2cc3c(cc2C(c2ccc([N+](=O)[O-])cc2)=NN1C(=O)CCl)OCO3. The lowest BCUT2D eigenvalue weighted by Gasteiger charge is -2.30. The van der Waals surface area contributed by atoms with Crippen LogP contribution < -0.4 is 9.47 Å². The first-order valence-electron chi connectivity index (χ1n) is 8.93. The summed E-state index contributed by atoms with van der Waals surface area (Å²) in [4.78, 5) is 23.1. The van der Waals surface area contributed by atoms with Gasteiger partial charge in [-0.05, 0) is 36.8 Å². The highest BCUT2D eigenvalue weighted by molar-refractivity contribution is 6.27. The fourth-order valence-electron chi connectivity index (χ4n) is 3.49. The van der Waals surface area contributed by atoms with Crippen molar-refractivity contribution in [3.8, 4) is 17.6 Å². The Kier molecular flexibility index (Phi) is 4.79. The number of carbonyl (C=O) groups is 1. The van der Waals surface area contributed by atoms with Crippen LogP contribution in [0.3, 0.4) is 0 Å². The molecule has 0 radical (unpaired) electrons. The molecular formula is C20H15ClN4O5. The zero-order valence-electron chi connectivity index (χ0n) is 15.8. The van der Waals surface area contributed by atoms with Crippen molar-refractivity contribution in [2.24, 2.45) is 5.10 Å². The van der Waals surface area contributed by atoms with Gasteiger partial charge in [0.15, 0.2) is 17.0 Å². The lowest BCUT2D eigenvalue weighted by molar-refractivity contribution is -0.384. The number of amides is 1. The fourth-order valence-corrected chi connectivity index (χ4v) is 3.60. The molecule has 0 spiro atoms. The Morgan fingerprint density at radius 1 is 1.33 bits per heavy atom. The lowest BCUT2D eigenvalue weighted by atomic mass is 9.88. The quantitative estimate of drug-likeness (QED) is 0.423. The van der Waals surface area contributed by atoms with Gasteiger partial charge in [-0.2, -0.15) is 10.4 Å². The number of non-ortho nitro benzene ring substituents is 1. The topological polar surface area (TPSA) is 118 Å². The number of hydrogen-bond donors (Lipinski definition) is 0. The molecule has 1 unspecified atom stereocenters. The normalized spacial score (nSPS) is 19.4. The number of carbonyl (C=O) groups excluding carboxylic acids is 1. The van der Waals surface area contributed by atoms with E-state index in [4.69, 9.17) is 21.1 Å². The molecule has 0 saturated heterocycles. The van der Waals surface area contributed by atoms with Crippen molar-refractivity contribution in [2.75, 3.05) is 12.7 Å². The van der Waals surface area contributed by atoms with Crippen molar-refractivity contribution in [1.29, 1.82) is 5.26 Å². The Morgan fingerprint density at radius 2 is 2.00 bits per heavy atom. The van der Waals surface area contributed by atoms with Crippen LogP contribution in [0.15, 0.2) is 41.5 Å². The van der Waals surface area contributed by atoms with E-state index >= 15 is 0 Å². The maximum Gasteiger partial charge on any atom is 0.269 e. The van der Waals surface area contributed by atoms with Crippen LogP contribution in [0, 0.1) is 21.4 Å². The molecule has 0 fully saturated rings. The molecule has 2 aromatic rings. The molecule has 0 aliphatic carbocycles. The number of nitrogens with zero attached hydrogens (tertiary/aromatic N) is 4. The summed E-state index contributed by atoms with van der Waals surface area (Å²) in [5.74, 6) is 0.161. The summed E-state index contributed by atoms with van der Waals surface area (Å²) in [6, 6.07) is 11.5. The minimum Gasteiger partial charge on any atom is -0.454 e. The number of alkyl halides is 1. The highest BCUT2D eigenvalue weighted by Gasteiger charge is 2.40. The standard InChI is InChI=1S/C20H15ClN4O5/c1-20(10-22)8-13-6-16-17(30-11-29-16)7-15(13)19(23-24(20)18(26)9-21)12-2-4-14(5-3-12)25(27)28/h2-7H,8-9,11H2,1H3. The monoisotopic (exact) mass is 426 g/mol. The van der Waals surface area contributed by atoms with Crippen molar-refractivity contribution < 1.29 is 19.2 Å². The minimum absolute atomic E-state index is 0.0746. The molecule has 2 aliphatic heterocycles. The van der Waals surface area contributed by atoms with Gasteiger partial charge in [0.05, 0.1) is 16.7 Å². The predicted molar refractivity (Wildman–Crippen MR) is 107 cm³/mol. The molecule has 0 N–H and O–H groups in total. The molecule has 1 atom stereocenters. The molecule has 2 aromatic carbocycles. The van der Waals surface area contributed by atoms with E-state index in [-0.39, 0.29) is 24.8 Å². The smallest absolute Gasteiger partial charge is 0.269 e. The summed E-state index contributed by atoms with van der Waals surface area (Å²) in [7, 11) is 0. The van der Waals surface area contributed by atoms with Gasteiger partial charge in [-0.15, -0.1) is 11.6 Å². The van der Waals surface area contributed by atoms with E-state index in [2.05, 4.69) is 11.2 Å². The molecule has 0 bridgehead atoms. The molecule has 2 aliphatic rings. The van der Waals surface area contributed by atoms with Gasteiger partial charge in [-0.3, -0.25) is 14.9 Å². The number of halogens is 1. The van der Waals surface area contributed by atoms with Crippen molar-refractivity contribution in [2.45, 2.75) is 18.9 Å². The molecule has 2 heterocycles. The Bertz CT molecular complexity index is 1130. The number of rotatable bonds is 3. The molecule has 152 valence electrons. The van der Waals surface area contributed by atoms with E-state index < -0.39 is 16.4 Å². The van der Waals surface area contributed by atoms with Crippen LogP contribution in [0.2, 0.25) is 0 Å². The third-order valence-corrected chi connectivity index (χ3v) is 5.23. The molecule has 0 saturated carbocycles. The van der Waals surface area contributed by atoms with E-state index in [1.165, 1.54) is 12.1 Å². The number of hydrazone groups is 1. The van der Waals surface area contributed by atoms with Crippen LogP contribution in [0.1, 0.15) is 23.6 Å². The van der Waals surface area contributed by atoms with Crippen LogP contribution in [-0.2, 0) is 11.2 Å². The second kappa shape index (κ2) is 7.31. The zero-order valence-corrected chi connectivity index (χ0v) is 16.5. The molecule has 30 heavy (non-hydrogen) atoms. The molecule has 9 nitrogen and oxygen atoms in total. The van der Waals surface area contributed by atoms with Crippen molar-refractivity contribution >= 4 is 28.9 Å². The first kappa shape index (κ1) is 19.7. The average molecular weight is 427 g/mol. The Balaban J connectivity index is 1.95. The van der Waals surface area contributed by atoms with E-state index in [1.54, 1.807) is 31.2 Å². The fraction of sp³-hybridized carbons (Fsp3) is 0.250. The number of nitro benzene ring substituents is 1. The number of nitriles is 1. The van der Waals surface area contributed by atoms with E-state index in [0.29, 0.717) is 28.3 Å². The number of fused-ring (bicyclic) bond motifs is 2. The zero-order chi connectivity index (χ0) is 21.5. The van der Waals surface area contributed by atoms with Gasteiger partial charge in [0.1, 0.15) is 5.88 Å². The minimum atomic E-state index is -1.29. The van der Waals surface area contributed by atoms with Crippen molar-refractivity contribution in [1.82, 2.24) is 5.01 Å². The summed E-state index contributed by atoms with van der Waals surface area (Å²) in [5, 5.41) is 26.5. The highest BCUT2D eigenvalue weighted by Crippen LogP contribution is 2.39. The third-order valence-electron chi connectivity index (χ3n) is 5.00. The maximum atomic E-state index is 12.6. The average Bonchev–Trinajstić information content (AvgIpc) is 3.16. The van der Waals surface area contributed by atoms with Gasteiger partial charge in [0, 0.05) is 29.7 Å². The van der Waals surface area contributed by atoms with Crippen LogP contribution in [-0.4, -0.2) is 39.8 Å². The van der Waals surface area contributed by atoms with Crippen LogP contribution in [0.5, 0.6) is 11.5 Å². The molecular weight excluding hydrogens is 412 g/mol. The van der Waals surface area contributed by atoms with Gasteiger partial charge in [-0.1, -0.05) is 0 Å². The van der Waals surface area contributed by atoms with E-state index in [9.17, 15) is 20.2 Å². The first-order chi connectivity index (χ1) is 14.4. The number of hydrogen-bond acceptors (Lipinski definition) is 7. The van der Waals surface area contributed by atoms with Gasteiger partial charge in [0.2, 0.25) is 6.79 Å². The van der Waals surface area contributed by atoms with Crippen molar-refractivity contribution in [3.63, 3.8) is 0 Å². The predicted octanol–water partition coefficient (Wildman–Crippen LogP) is 2.98. The van der Waals surface area contributed by atoms with Gasteiger partial charge in [-0.25, -0.2) is 5.01 Å². The first-order valence-corrected chi connectivity index (χ1v) is 9.46. The number of benzene rings is 2. The van der Waals surface area contributed by atoms with E-state index in [0.717, 1.165) is 10.6 Å². The van der Waals surface area contributed by atoms with Crippen LogP contribution in [0.25, 0.3) is 0 Å². The summed E-state index contributed by atoms with van der Waals surface area (Å²) in [6.07, 6.45) is 0.179. The molecule has 0 aromatic heterocycles. The molecule has 4 rings (SSSR count). The Morgan fingerprint density at radius 3 is 2.60 bits per heavy atom.